The molecule has 0 spiro atoms. The van der Waals surface area contributed by atoms with Gasteiger partial charge < -0.3 is 10.6 Å². The van der Waals surface area contributed by atoms with Gasteiger partial charge in [-0.25, -0.2) is 0 Å². The van der Waals surface area contributed by atoms with Gasteiger partial charge in [-0.15, -0.1) is 0 Å². The number of likely N-dealkylation sites (tertiary alicyclic amines) is 1. The Hall–Kier alpha value is -1.85. The van der Waals surface area contributed by atoms with Crippen LogP contribution >= 0.6 is 0 Å². The highest BCUT2D eigenvalue weighted by Gasteiger charge is 2.34. The Morgan fingerprint density at radius 2 is 2.24 bits per heavy atom. The average Bonchev–Trinajstić information content (AvgIpc) is 2.85. The van der Waals surface area contributed by atoms with Crippen LogP contribution in [0.2, 0.25) is 0 Å². The van der Waals surface area contributed by atoms with E-state index in [1.54, 1.807) is 17.8 Å². The molecular formula is C11H16N4O2. The number of rotatable bonds is 2. The van der Waals surface area contributed by atoms with Gasteiger partial charge in [-0.1, -0.05) is 0 Å². The fourth-order valence-electron chi connectivity index (χ4n) is 2.12. The molecule has 1 aromatic rings. The minimum Gasteiger partial charge on any atom is -0.368 e. The standard InChI is InChI=1S/C11H16N4O2/c1-7-6-8(13-14(7)2)11(17)15-5-3-4-9(15)10(12)16/h6,9H,3-5H2,1-2H3,(H2,12,16)/t9-/m0/s1. The molecule has 2 rings (SSSR count). The van der Waals surface area contributed by atoms with Crippen LogP contribution in [0.1, 0.15) is 29.0 Å². The molecule has 1 aliphatic heterocycles. The Bertz CT molecular complexity index is 447. The SMILES string of the molecule is Cc1cc(C(=O)N2CCC[C@H]2C(N)=O)nn1C. The van der Waals surface area contributed by atoms with Crippen LogP contribution in [0.4, 0.5) is 0 Å². The quantitative estimate of drug-likeness (QED) is 0.773. The van der Waals surface area contributed by atoms with E-state index < -0.39 is 11.9 Å². The van der Waals surface area contributed by atoms with Gasteiger partial charge in [0.1, 0.15) is 6.04 Å². The monoisotopic (exact) mass is 236 g/mol. The summed E-state index contributed by atoms with van der Waals surface area (Å²) in [5.41, 5.74) is 6.56. The largest absolute Gasteiger partial charge is 0.368 e. The first-order valence-electron chi connectivity index (χ1n) is 5.61. The average molecular weight is 236 g/mol. The minimum absolute atomic E-state index is 0.213. The second kappa shape index (κ2) is 4.20. The van der Waals surface area contributed by atoms with Crippen LogP contribution < -0.4 is 5.73 Å². The summed E-state index contributed by atoms with van der Waals surface area (Å²) in [4.78, 5) is 24.9. The highest BCUT2D eigenvalue weighted by atomic mass is 16.2. The van der Waals surface area contributed by atoms with Crippen LogP contribution in [0.15, 0.2) is 6.07 Å². The van der Waals surface area contributed by atoms with E-state index in [1.807, 2.05) is 6.92 Å². The van der Waals surface area contributed by atoms with Crippen LogP contribution in [-0.2, 0) is 11.8 Å². The molecule has 6 nitrogen and oxygen atoms in total. The molecule has 1 fully saturated rings. The summed E-state index contributed by atoms with van der Waals surface area (Å²) in [6.45, 7) is 2.45. The summed E-state index contributed by atoms with van der Waals surface area (Å²) in [5.74, 6) is -0.654. The van der Waals surface area contributed by atoms with E-state index in [1.165, 1.54) is 4.90 Å². The molecule has 0 saturated carbocycles. The molecule has 2 N–H and O–H groups in total. The first-order valence-corrected chi connectivity index (χ1v) is 5.61. The van der Waals surface area contributed by atoms with Crippen LogP contribution in [-0.4, -0.2) is 39.1 Å². The zero-order chi connectivity index (χ0) is 12.6. The molecular weight excluding hydrogens is 220 g/mol. The maximum absolute atomic E-state index is 12.2. The van der Waals surface area contributed by atoms with Crippen molar-refractivity contribution in [3.8, 4) is 0 Å². The van der Waals surface area contributed by atoms with Gasteiger partial charge in [-0.05, 0) is 25.8 Å². The van der Waals surface area contributed by atoms with E-state index >= 15 is 0 Å². The Morgan fingerprint density at radius 1 is 1.53 bits per heavy atom. The lowest BCUT2D eigenvalue weighted by Gasteiger charge is -2.20. The Balaban J connectivity index is 2.22. The van der Waals surface area contributed by atoms with Crippen LogP contribution in [0.5, 0.6) is 0 Å². The number of primary amides is 1. The maximum atomic E-state index is 12.2. The minimum atomic E-state index is -0.482. The highest BCUT2D eigenvalue weighted by molar-refractivity contribution is 5.96. The van der Waals surface area contributed by atoms with E-state index in [0.717, 1.165) is 12.1 Å². The van der Waals surface area contributed by atoms with Crippen molar-refractivity contribution in [3.05, 3.63) is 17.5 Å². The van der Waals surface area contributed by atoms with E-state index in [-0.39, 0.29) is 5.91 Å². The Kier molecular flexibility index (Phi) is 2.87. The molecule has 0 unspecified atom stereocenters. The summed E-state index contributed by atoms with van der Waals surface area (Å²) < 4.78 is 1.64. The summed E-state index contributed by atoms with van der Waals surface area (Å²) in [6.07, 6.45) is 1.46. The second-order valence-corrected chi connectivity index (χ2v) is 4.35. The third-order valence-electron chi connectivity index (χ3n) is 3.17. The Labute approximate surface area is 99.4 Å². The van der Waals surface area contributed by atoms with E-state index in [9.17, 15) is 9.59 Å². The molecule has 0 aliphatic carbocycles. The molecule has 6 heteroatoms. The van der Waals surface area contributed by atoms with Crippen molar-refractivity contribution in [2.24, 2.45) is 12.8 Å². The second-order valence-electron chi connectivity index (χ2n) is 4.35. The van der Waals surface area contributed by atoms with Gasteiger partial charge in [0.25, 0.3) is 5.91 Å². The fourth-order valence-corrected chi connectivity index (χ4v) is 2.12. The summed E-state index contributed by atoms with van der Waals surface area (Å²) in [7, 11) is 1.78. The fraction of sp³-hybridized carbons (Fsp3) is 0.545. The van der Waals surface area contributed by atoms with Crippen molar-refractivity contribution in [1.29, 1.82) is 0 Å². The molecule has 17 heavy (non-hydrogen) atoms. The predicted molar refractivity (Wildman–Crippen MR) is 61.2 cm³/mol. The lowest BCUT2D eigenvalue weighted by Crippen LogP contribution is -2.43. The number of hydrogen-bond donors (Lipinski definition) is 1. The van der Waals surface area contributed by atoms with Gasteiger partial charge in [-0.2, -0.15) is 5.10 Å². The number of nitrogens with zero attached hydrogens (tertiary/aromatic N) is 3. The number of amides is 2. The molecule has 2 amide bonds. The molecule has 0 bridgehead atoms. The van der Waals surface area contributed by atoms with Crippen molar-refractivity contribution in [2.45, 2.75) is 25.8 Å². The number of aryl methyl sites for hydroxylation is 2. The van der Waals surface area contributed by atoms with Crippen molar-refractivity contribution in [1.82, 2.24) is 14.7 Å². The van der Waals surface area contributed by atoms with E-state index in [4.69, 9.17) is 5.73 Å². The number of nitrogens with two attached hydrogens (primary N) is 1. The zero-order valence-corrected chi connectivity index (χ0v) is 10.0. The molecule has 2 heterocycles. The summed E-state index contributed by atoms with van der Waals surface area (Å²) in [6, 6.07) is 1.24. The van der Waals surface area contributed by atoms with Gasteiger partial charge in [0.15, 0.2) is 5.69 Å². The third-order valence-corrected chi connectivity index (χ3v) is 3.17. The predicted octanol–water partition coefficient (Wildman–Crippen LogP) is -0.182. The van der Waals surface area contributed by atoms with E-state index in [0.29, 0.717) is 18.7 Å². The summed E-state index contributed by atoms with van der Waals surface area (Å²) >= 11 is 0. The van der Waals surface area contributed by atoms with Crippen LogP contribution in [0.25, 0.3) is 0 Å². The molecule has 1 aromatic heterocycles. The molecule has 1 saturated heterocycles. The normalized spacial score (nSPS) is 19.6. The zero-order valence-electron chi connectivity index (χ0n) is 10.0. The first kappa shape index (κ1) is 11.6. The summed E-state index contributed by atoms with van der Waals surface area (Å²) in [5, 5.41) is 4.12. The third kappa shape index (κ3) is 2.02. The number of carbonyl (C=O) groups is 2. The molecule has 92 valence electrons. The lowest BCUT2D eigenvalue weighted by atomic mass is 10.2. The van der Waals surface area contributed by atoms with Gasteiger partial charge in [-0.3, -0.25) is 14.3 Å². The van der Waals surface area contributed by atoms with Crippen LogP contribution in [0, 0.1) is 6.92 Å². The lowest BCUT2D eigenvalue weighted by molar-refractivity contribution is -0.121. The van der Waals surface area contributed by atoms with E-state index in [2.05, 4.69) is 5.10 Å². The van der Waals surface area contributed by atoms with Gasteiger partial charge in [0.05, 0.1) is 0 Å². The topological polar surface area (TPSA) is 81.2 Å². The van der Waals surface area contributed by atoms with Gasteiger partial charge in [0, 0.05) is 19.3 Å². The molecule has 0 aromatic carbocycles. The van der Waals surface area contributed by atoms with Crippen LogP contribution in [0.3, 0.4) is 0 Å². The van der Waals surface area contributed by atoms with Gasteiger partial charge in [0.2, 0.25) is 5.91 Å². The first-order chi connectivity index (χ1) is 8.00. The molecule has 1 aliphatic rings. The van der Waals surface area contributed by atoms with Crippen molar-refractivity contribution >= 4 is 11.8 Å². The van der Waals surface area contributed by atoms with Gasteiger partial charge >= 0.3 is 0 Å². The smallest absolute Gasteiger partial charge is 0.275 e. The number of hydrogen-bond acceptors (Lipinski definition) is 3. The highest BCUT2D eigenvalue weighted by Crippen LogP contribution is 2.19. The Morgan fingerprint density at radius 3 is 2.76 bits per heavy atom. The maximum Gasteiger partial charge on any atom is 0.275 e. The number of carbonyl (C=O) groups excluding carboxylic acids is 2. The molecule has 0 radical (unpaired) electrons. The van der Waals surface area contributed by atoms with Crippen molar-refractivity contribution in [3.63, 3.8) is 0 Å². The number of aromatic nitrogens is 2. The molecule has 1 atom stereocenters. The van der Waals surface area contributed by atoms with Crippen molar-refractivity contribution in [2.75, 3.05) is 6.54 Å². The van der Waals surface area contributed by atoms with Crippen molar-refractivity contribution < 1.29 is 9.59 Å².